The molecule has 0 amide bonds. The topological polar surface area (TPSA) is 48.1 Å². The number of nitrogens with zero attached hydrogens (tertiary/aromatic N) is 1. The molecule has 0 atom stereocenters. The Balaban J connectivity index is 0. The predicted molar refractivity (Wildman–Crippen MR) is 37.4 cm³/mol. The van der Waals surface area contributed by atoms with Crippen LogP contribution in [0.2, 0.25) is 0 Å². The van der Waals surface area contributed by atoms with Crippen LogP contribution in [0.4, 0.5) is 5.69 Å². The highest BCUT2D eigenvalue weighted by atomic mass is 16.5. The molecule has 0 fully saturated rings. The number of hydrogen-bond acceptors (Lipinski definition) is 3. The van der Waals surface area contributed by atoms with Gasteiger partial charge in [0, 0.05) is 18.0 Å². The molecule has 0 saturated carbocycles. The summed E-state index contributed by atoms with van der Waals surface area (Å²) in [4.78, 5) is 3.86. The lowest BCUT2D eigenvalue weighted by Gasteiger charge is -1.96. The molecule has 3 heteroatoms. The van der Waals surface area contributed by atoms with Crippen LogP contribution in [-0.4, -0.2) is 12.1 Å². The van der Waals surface area contributed by atoms with Crippen LogP contribution in [0.25, 0.3) is 0 Å². The summed E-state index contributed by atoms with van der Waals surface area (Å²) in [6.07, 6.45) is 1.61. The number of nitrogen functional groups attached to an aromatic ring is 1. The van der Waals surface area contributed by atoms with Crippen molar-refractivity contribution >= 4 is 5.69 Å². The van der Waals surface area contributed by atoms with Gasteiger partial charge in [-0.25, -0.2) is 4.98 Å². The lowest BCUT2D eigenvalue weighted by Crippen LogP contribution is -1.89. The van der Waals surface area contributed by atoms with Gasteiger partial charge < -0.3 is 10.5 Å². The summed E-state index contributed by atoms with van der Waals surface area (Å²) in [5, 5.41) is 0. The fourth-order valence-electron chi connectivity index (χ4n) is 0.536. The SMILES string of the molecule is COc1cc(N)ccn1.[H+].[H+]. The zero-order chi connectivity index (χ0) is 6.69. The minimum atomic E-state index is 0. The zero-order valence-electron chi connectivity index (χ0n) is 7.16. The van der Waals surface area contributed by atoms with E-state index in [9.17, 15) is 0 Å². The molecule has 9 heavy (non-hydrogen) atoms. The normalized spacial score (nSPS) is 9.00. The van der Waals surface area contributed by atoms with Crippen LogP contribution in [0.3, 0.4) is 0 Å². The molecule has 0 aromatic carbocycles. The van der Waals surface area contributed by atoms with E-state index in [1.54, 1.807) is 25.4 Å². The van der Waals surface area contributed by atoms with Gasteiger partial charge in [0.1, 0.15) is 0 Å². The predicted octanol–water partition coefficient (Wildman–Crippen LogP) is 0.897. The summed E-state index contributed by atoms with van der Waals surface area (Å²) in [7, 11) is 1.56. The highest BCUT2D eigenvalue weighted by Gasteiger charge is 1.88. The van der Waals surface area contributed by atoms with Crippen molar-refractivity contribution in [1.29, 1.82) is 0 Å². The smallest absolute Gasteiger partial charge is 0.481 e. The minimum absolute atomic E-state index is 0. The van der Waals surface area contributed by atoms with Gasteiger partial charge in [-0.3, -0.25) is 0 Å². The standard InChI is InChI=1S/C6H8N2O/c1-9-6-4-5(7)2-3-8-6/h2-4H,1H3,(H2,7,8)/p+2. The second-order valence-electron chi connectivity index (χ2n) is 1.63. The largest absolute Gasteiger partial charge is 1.00 e. The summed E-state index contributed by atoms with van der Waals surface area (Å²) >= 11 is 0. The summed E-state index contributed by atoms with van der Waals surface area (Å²) in [5.74, 6) is 0.551. The van der Waals surface area contributed by atoms with E-state index >= 15 is 0 Å². The number of ether oxygens (including phenoxy) is 1. The third-order valence-corrected chi connectivity index (χ3v) is 0.968. The second kappa shape index (κ2) is 2.35. The number of hydrogen-bond donors (Lipinski definition) is 1. The van der Waals surface area contributed by atoms with Gasteiger partial charge in [0.25, 0.3) is 0 Å². The fraction of sp³-hybridized carbons (Fsp3) is 0.167. The molecule has 1 heterocycles. The van der Waals surface area contributed by atoms with Crippen LogP contribution in [0.5, 0.6) is 5.88 Å². The van der Waals surface area contributed by atoms with Crippen LogP contribution in [-0.2, 0) is 0 Å². The molecular weight excluding hydrogens is 116 g/mol. The summed E-state index contributed by atoms with van der Waals surface area (Å²) in [6, 6.07) is 3.38. The average molecular weight is 126 g/mol. The van der Waals surface area contributed by atoms with E-state index in [1.165, 1.54) is 0 Å². The van der Waals surface area contributed by atoms with Crippen LogP contribution in [0.15, 0.2) is 18.3 Å². The maximum atomic E-state index is 5.41. The summed E-state index contributed by atoms with van der Waals surface area (Å²) < 4.78 is 4.80. The lowest BCUT2D eigenvalue weighted by atomic mass is 10.4. The zero-order valence-corrected chi connectivity index (χ0v) is 5.16. The third kappa shape index (κ3) is 1.32. The molecule has 0 aliphatic carbocycles. The Hall–Kier alpha value is -1.25. The maximum Gasteiger partial charge on any atom is 1.00 e. The fourth-order valence-corrected chi connectivity index (χ4v) is 0.536. The molecule has 0 bridgehead atoms. The highest BCUT2D eigenvalue weighted by Crippen LogP contribution is 2.08. The Bertz CT molecular complexity index is 208. The van der Waals surface area contributed by atoms with Crippen molar-refractivity contribution in [2.45, 2.75) is 0 Å². The first-order valence-electron chi connectivity index (χ1n) is 2.58. The van der Waals surface area contributed by atoms with E-state index in [-0.39, 0.29) is 2.85 Å². The molecule has 1 aromatic heterocycles. The molecule has 2 N–H and O–H groups in total. The molecular formula is C6H10N2O+2. The molecule has 1 rings (SSSR count). The molecule has 0 aliphatic heterocycles. The average Bonchev–Trinajstić information content (AvgIpc) is 1.88. The van der Waals surface area contributed by atoms with E-state index in [1.807, 2.05) is 0 Å². The van der Waals surface area contributed by atoms with Crippen molar-refractivity contribution in [3.63, 3.8) is 0 Å². The van der Waals surface area contributed by atoms with Crippen LogP contribution < -0.4 is 10.5 Å². The summed E-state index contributed by atoms with van der Waals surface area (Å²) in [6.45, 7) is 0. The van der Waals surface area contributed by atoms with E-state index in [2.05, 4.69) is 4.98 Å². The number of pyridine rings is 1. The van der Waals surface area contributed by atoms with Gasteiger partial charge in [-0.1, -0.05) is 0 Å². The Labute approximate surface area is 56.4 Å². The number of methoxy groups -OCH3 is 1. The van der Waals surface area contributed by atoms with Crippen molar-refractivity contribution in [3.05, 3.63) is 18.3 Å². The monoisotopic (exact) mass is 126 g/mol. The number of rotatable bonds is 1. The second-order valence-corrected chi connectivity index (χ2v) is 1.63. The van der Waals surface area contributed by atoms with Gasteiger partial charge in [-0.15, -0.1) is 0 Å². The first-order valence-corrected chi connectivity index (χ1v) is 2.58. The Kier molecular flexibility index (Phi) is 1.53. The third-order valence-electron chi connectivity index (χ3n) is 0.968. The molecule has 0 saturated heterocycles. The number of anilines is 1. The van der Waals surface area contributed by atoms with Crippen molar-refractivity contribution in [1.82, 2.24) is 4.98 Å². The molecule has 3 nitrogen and oxygen atoms in total. The Morgan fingerprint density at radius 3 is 3.00 bits per heavy atom. The van der Waals surface area contributed by atoms with Gasteiger partial charge in [0.2, 0.25) is 5.88 Å². The van der Waals surface area contributed by atoms with Gasteiger partial charge in [0.15, 0.2) is 0 Å². The van der Waals surface area contributed by atoms with Crippen molar-refractivity contribution in [2.24, 2.45) is 0 Å². The van der Waals surface area contributed by atoms with Gasteiger partial charge in [0.05, 0.1) is 7.11 Å². The lowest BCUT2D eigenvalue weighted by molar-refractivity contribution is 0.398. The molecule has 0 aliphatic rings. The summed E-state index contributed by atoms with van der Waals surface area (Å²) in [5.41, 5.74) is 6.08. The first kappa shape index (κ1) is 5.88. The molecule has 0 spiro atoms. The van der Waals surface area contributed by atoms with Gasteiger partial charge in [-0.05, 0) is 6.07 Å². The minimum Gasteiger partial charge on any atom is -0.481 e. The van der Waals surface area contributed by atoms with Crippen molar-refractivity contribution < 1.29 is 7.59 Å². The van der Waals surface area contributed by atoms with Gasteiger partial charge >= 0.3 is 2.85 Å². The van der Waals surface area contributed by atoms with Crippen LogP contribution in [0, 0.1) is 0 Å². The van der Waals surface area contributed by atoms with Crippen molar-refractivity contribution in [3.8, 4) is 5.88 Å². The number of nitrogens with two attached hydrogens (primary N) is 1. The van der Waals surface area contributed by atoms with E-state index < -0.39 is 0 Å². The molecule has 0 radical (unpaired) electrons. The van der Waals surface area contributed by atoms with E-state index in [4.69, 9.17) is 10.5 Å². The maximum absolute atomic E-state index is 5.41. The van der Waals surface area contributed by atoms with E-state index in [0.717, 1.165) is 0 Å². The van der Waals surface area contributed by atoms with Gasteiger partial charge in [-0.2, -0.15) is 0 Å². The Morgan fingerprint density at radius 1 is 1.78 bits per heavy atom. The first-order chi connectivity index (χ1) is 4.33. The quantitative estimate of drug-likeness (QED) is 0.608. The van der Waals surface area contributed by atoms with Crippen molar-refractivity contribution in [2.75, 3.05) is 12.8 Å². The highest BCUT2D eigenvalue weighted by molar-refractivity contribution is 5.39. The van der Waals surface area contributed by atoms with Crippen LogP contribution >= 0.6 is 0 Å². The number of aromatic nitrogens is 1. The van der Waals surface area contributed by atoms with Crippen LogP contribution in [0.1, 0.15) is 2.85 Å². The molecule has 48 valence electrons. The molecule has 0 unspecified atom stereocenters. The van der Waals surface area contributed by atoms with E-state index in [0.29, 0.717) is 11.6 Å². The molecule has 1 aromatic rings. The Morgan fingerprint density at radius 2 is 2.56 bits per heavy atom.